The molecular formula is C14H26O2. The van der Waals surface area contributed by atoms with Crippen molar-refractivity contribution in [1.82, 2.24) is 0 Å². The van der Waals surface area contributed by atoms with Crippen molar-refractivity contribution in [1.29, 1.82) is 0 Å². The van der Waals surface area contributed by atoms with Gasteiger partial charge in [-0.1, -0.05) is 41.0 Å². The molecule has 0 radical (unpaired) electrons. The number of hydrogen-bond donors (Lipinski definition) is 0. The highest BCUT2D eigenvalue weighted by atomic mass is 16.5. The first-order valence-corrected chi connectivity index (χ1v) is 6.62. The molecule has 2 heteroatoms. The Morgan fingerprint density at radius 3 is 2.31 bits per heavy atom. The second-order valence-corrected chi connectivity index (χ2v) is 5.96. The quantitative estimate of drug-likeness (QED) is 0.687. The predicted octanol–water partition coefficient (Wildman–Crippen LogP) is 3.65. The van der Waals surface area contributed by atoms with Crippen molar-refractivity contribution in [3.05, 3.63) is 0 Å². The van der Waals surface area contributed by atoms with Crippen LogP contribution in [0, 0.1) is 23.7 Å². The minimum atomic E-state index is -0.0373. The molecule has 0 bridgehead atoms. The van der Waals surface area contributed by atoms with Gasteiger partial charge in [-0.05, 0) is 30.6 Å². The Balaban J connectivity index is 2.61. The molecule has 16 heavy (non-hydrogen) atoms. The monoisotopic (exact) mass is 226 g/mol. The lowest BCUT2D eigenvalue weighted by atomic mass is 9.75. The molecule has 0 spiro atoms. The summed E-state index contributed by atoms with van der Waals surface area (Å²) in [5.41, 5.74) is 0. The van der Waals surface area contributed by atoms with Gasteiger partial charge in [-0.3, -0.25) is 4.79 Å². The molecule has 1 saturated carbocycles. The van der Waals surface area contributed by atoms with E-state index in [1.165, 1.54) is 12.8 Å². The molecular weight excluding hydrogens is 200 g/mol. The van der Waals surface area contributed by atoms with Crippen LogP contribution in [0.5, 0.6) is 0 Å². The summed E-state index contributed by atoms with van der Waals surface area (Å²) in [6.07, 6.45) is 3.67. The molecule has 0 N–H and O–H groups in total. The Bertz CT molecular complexity index is 233. The summed E-state index contributed by atoms with van der Waals surface area (Å²) in [5, 5.41) is 0. The Morgan fingerprint density at radius 1 is 1.19 bits per heavy atom. The van der Waals surface area contributed by atoms with Gasteiger partial charge in [0.15, 0.2) is 0 Å². The molecule has 2 nitrogen and oxygen atoms in total. The van der Waals surface area contributed by atoms with E-state index in [4.69, 9.17) is 4.74 Å². The average Bonchev–Trinajstić information content (AvgIpc) is 2.16. The van der Waals surface area contributed by atoms with E-state index in [9.17, 15) is 4.79 Å². The zero-order chi connectivity index (χ0) is 12.3. The first-order chi connectivity index (χ1) is 7.41. The lowest BCUT2D eigenvalue weighted by Crippen LogP contribution is -2.36. The van der Waals surface area contributed by atoms with Crippen LogP contribution in [0.4, 0.5) is 0 Å². The van der Waals surface area contributed by atoms with E-state index in [0.717, 1.165) is 6.42 Å². The molecule has 1 unspecified atom stereocenters. The highest BCUT2D eigenvalue weighted by Gasteiger charge is 2.33. The van der Waals surface area contributed by atoms with Crippen LogP contribution >= 0.6 is 0 Å². The second-order valence-electron chi connectivity index (χ2n) is 5.96. The van der Waals surface area contributed by atoms with Crippen LogP contribution in [0.3, 0.4) is 0 Å². The first-order valence-electron chi connectivity index (χ1n) is 6.62. The van der Waals surface area contributed by atoms with Gasteiger partial charge in [-0.15, -0.1) is 0 Å². The van der Waals surface area contributed by atoms with E-state index in [1.807, 2.05) is 13.8 Å². The molecule has 0 aromatic carbocycles. The van der Waals surface area contributed by atoms with Gasteiger partial charge < -0.3 is 4.74 Å². The minimum absolute atomic E-state index is 0.00922. The van der Waals surface area contributed by atoms with Gasteiger partial charge in [0, 0.05) is 0 Å². The lowest BCUT2D eigenvalue weighted by Gasteiger charge is -2.37. The summed E-state index contributed by atoms with van der Waals surface area (Å²) in [6.45, 7) is 10.5. The van der Waals surface area contributed by atoms with Gasteiger partial charge in [0.25, 0.3) is 0 Å². The van der Waals surface area contributed by atoms with Crippen LogP contribution in [0.15, 0.2) is 0 Å². The van der Waals surface area contributed by atoms with Crippen LogP contribution in [0.25, 0.3) is 0 Å². The molecule has 1 aliphatic rings. The predicted molar refractivity (Wildman–Crippen MR) is 66.1 cm³/mol. The Kier molecular flexibility index (Phi) is 4.82. The highest BCUT2D eigenvalue weighted by molar-refractivity contribution is 5.71. The van der Waals surface area contributed by atoms with Crippen molar-refractivity contribution >= 4 is 5.97 Å². The molecule has 0 aromatic rings. The number of hydrogen-bond acceptors (Lipinski definition) is 2. The SMILES string of the molecule is CC(C)C(=O)OC1C[C@H](C)CC[C@H]1C(C)C. The molecule has 0 saturated heterocycles. The fourth-order valence-corrected chi connectivity index (χ4v) is 2.54. The maximum absolute atomic E-state index is 11.7. The van der Waals surface area contributed by atoms with E-state index in [2.05, 4.69) is 20.8 Å². The van der Waals surface area contributed by atoms with Crippen molar-refractivity contribution < 1.29 is 9.53 Å². The molecule has 1 fully saturated rings. The summed E-state index contributed by atoms with van der Waals surface area (Å²) >= 11 is 0. The smallest absolute Gasteiger partial charge is 0.308 e. The maximum Gasteiger partial charge on any atom is 0.308 e. The van der Waals surface area contributed by atoms with Crippen LogP contribution in [0.1, 0.15) is 53.9 Å². The molecule has 0 aromatic heterocycles. The largest absolute Gasteiger partial charge is 0.462 e. The van der Waals surface area contributed by atoms with E-state index in [0.29, 0.717) is 17.8 Å². The lowest BCUT2D eigenvalue weighted by molar-refractivity contribution is -0.159. The second kappa shape index (κ2) is 5.70. The molecule has 1 rings (SSSR count). The Hall–Kier alpha value is -0.530. The number of esters is 1. The van der Waals surface area contributed by atoms with Crippen LogP contribution in [-0.2, 0) is 9.53 Å². The van der Waals surface area contributed by atoms with Crippen LogP contribution in [0.2, 0.25) is 0 Å². The zero-order valence-electron chi connectivity index (χ0n) is 11.3. The summed E-state index contributed by atoms with van der Waals surface area (Å²) in [5.74, 6) is 1.81. The van der Waals surface area contributed by atoms with E-state index in [1.54, 1.807) is 0 Å². The number of carbonyl (C=O) groups excluding carboxylic acids is 1. The van der Waals surface area contributed by atoms with Gasteiger partial charge in [-0.2, -0.15) is 0 Å². The van der Waals surface area contributed by atoms with Gasteiger partial charge in [0.2, 0.25) is 0 Å². The van der Waals surface area contributed by atoms with Crippen LogP contribution < -0.4 is 0 Å². The van der Waals surface area contributed by atoms with Gasteiger partial charge in [0.05, 0.1) is 5.92 Å². The van der Waals surface area contributed by atoms with Gasteiger partial charge >= 0.3 is 5.97 Å². The molecule has 3 atom stereocenters. The third kappa shape index (κ3) is 3.50. The van der Waals surface area contributed by atoms with E-state index >= 15 is 0 Å². The van der Waals surface area contributed by atoms with Gasteiger partial charge in [0.1, 0.15) is 6.10 Å². The summed E-state index contributed by atoms with van der Waals surface area (Å²) in [6, 6.07) is 0. The standard InChI is InChI=1S/C14H26O2/c1-9(2)12-7-6-11(5)8-13(12)16-14(15)10(3)4/h9-13H,6-8H2,1-5H3/t11-,12+,13?/m1/s1. The number of carbonyl (C=O) groups is 1. The molecule has 0 heterocycles. The summed E-state index contributed by atoms with van der Waals surface area (Å²) in [7, 11) is 0. The minimum Gasteiger partial charge on any atom is -0.462 e. The van der Waals surface area contributed by atoms with Gasteiger partial charge in [-0.25, -0.2) is 0 Å². The molecule has 0 amide bonds. The Labute approximate surface area is 99.8 Å². The maximum atomic E-state index is 11.7. The van der Waals surface area contributed by atoms with Crippen molar-refractivity contribution in [2.24, 2.45) is 23.7 Å². The van der Waals surface area contributed by atoms with Crippen LogP contribution in [-0.4, -0.2) is 12.1 Å². The van der Waals surface area contributed by atoms with Crippen molar-refractivity contribution in [3.63, 3.8) is 0 Å². The molecule has 94 valence electrons. The molecule has 0 aliphatic heterocycles. The number of rotatable bonds is 3. The summed E-state index contributed by atoms with van der Waals surface area (Å²) < 4.78 is 5.66. The number of ether oxygens (including phenoxy) is 1. The zero-order valence-corrected chi connectivity index (χ0v) is 11.3. The van der Waals surface area contributed by atoms with Crippen molar-refractivity contribution in [3.8, 4) is 0 Å². The van der Waals surface area contributed by atoms with Crippen molar-refractivity contribution in [2.75, 3.05) is 0 Å². The van der Waals surface area contributed by atoms with Crippen molar-refractivity contribution in [2.45, 2.75) is 60.0 Å². The fraction of sp³-hybridized carbons (Fsp3) is 0.929. The summed E-state index contributed by atoms with van der Waals surface area (Å²) in [4.78, 5) is 11.7. The average molecular weight is 226 g/mol. The fourth-order valence-electron chi connectivity index (χ4n) is 2.54. The van der Waals surface area contributed by atoms with E-state index < -0.39 is 0 Å². The Morgan fingerprint density at radius 2 is 1.81 bits per heavy atom. The third-order valence-corrected chi connectivity index (χ3v) is 3.70. The normalized spacial score (nSPS) is 30.8. The third-order valence-electron chi connectivity index (χ3n) is 3.70. The first kappa shape index (κ1) is 13.5. The van der Waals surface area contributed by atoms with E-state index in [-0.39, 0.29) is 18.0 Å². The molecule has 1 aliphatic carbocycles. The highest BCUT2D eigenvalue weighted by Crippen LogP contribution is 2.35. The topological polar surface area (TPSA) is 26.3 Å².